The first-order valence-corrected chi connectivity index (χ1v) is 7.88. The number of halogens is 1. The van der Waals surface area contributed by atoms with E-state index in [9.17, 15) is 4.79 Å². The molecule has 2 aromatic carbocycles. The molecule has 25 heavy (non-hydrogen) atoms. The number of hydrogen-bond donors (Lipinski definition) is 1. The van der Waals surface area contributed by atoms with Crippen LogP contribution in [0.1, 0.15) is 16.1 Å². The van der Waals surface area contributed by atoms with E-state index >= 15 is 0 Å². The molecule has 0 aliphatic carbocycles. The van der Waals surface area contributed by atoms with Gasteiger partial charge in [-0.2, -0.15) is 5.10 Å². The van der Waals surface area contributed by atoms with Gasteiger partial charge >= 0.3 is 0 Å². The molecule has 0 saturated carbocycles. The zero-order valence-corrected chi connectivity index (χ0v) is 13.9. The minimum Gasteiger partial charge on any atom is -0.355 e. The second kappa shape index (κ2) is 8.08. The molecule has 3 aromatic rings. The number of carbonyl (C=O) groups is 1. The lowest BCUT2D eigenvalue weighted by molar-refractivity contribution is 0.0946. The molecule has 0 atom stereocenters. The van der Waals surface area contributed by atoms with Gasteiger partial charge in [-0.15, -0.1) is 0 Å². The Morgan fingerprint density at radius 1 is 1.08 bits per heavy atom. The highest BCUT2D eigenvalue weighted by molar-refractivity contribution is 6.41. The number of aromatic nitrogens is 1. The first kappa shape index (κ1) is 16.7. The van der Waals surface area contributed by atoms with E-state index in [1.165, 1.54) is 6.21 Å². The number of carbonyl (C=O) groups excluding carboxylic acids is 1. The molecule has 5 nitrogen and oxygen atoms in total. The third-order valence-corrected chi connectivity index (χ3v) is 3.47. The Bertz CT molecular complexity index is 903. The van der Waals surface area contributed by atoms with Gasteiger partial charge in [0.25, 0.3) is 5.91 Å². The number of allylic oxidation sites excluding steroid dienone is 1. The second-order valence-electron chi connectivity index (χ2n) is 5.08. The summed E-state index contributed by atoms with van der Waals surface area (Å²) in [4.78, 5) is 12.0. The van der Waals surface area contributed by atoms with Crippen LogP contribution < -0.4 is 5.43 Å². The molecular weight excluding hydrogens is 338 g/mol. The lowest BCUT2D eigenvalue weighted by atomic mass is 10.1. The lowest BCUT2D eigenvalue weighted by Gasteiger charge is -1.95. The highest BCUT2D eigenvalue weighted by atomic mass is 35.5. The summed E-state index contributed by atoms with van der Waals surface area (Å²) in [6.07, 6.45) is 3.09. The normalized spacial score (nSPS) is 11.6. The maximum Gasteiger partial charge on any atom is 0.293 e. The van der Waals surface area contributed by atoms with Crippen molar-refractivity contribution in [2.24, 2.45) is 5.10 Å². The van der Waals surface area contributed by atoms with Crippen molar-refractivity contribution in [2.45, 2.75) is 0 Å². The molecule has 0 aliphatic rings. The van der Waals surface area contributed by atoms with E-state index in [2.05, 4.69) is 15.7 Å². The van der Waals surface area contributed by atoms with Crippen LogP contribution in [-0.2, 0) is 0 Å². The van der Waals surface area contributed by atoms with E-state index in [1.807, 2.05) is 60.7 Å². The van der Waals surface area contributed by atoms with Gasteiger partial charge in [-0.25, -0.2) is 5.43 Å². The summed E-state index contributed by atoms with van der Waals surface area (Å²) in [5.74, 6) is 0.0306. The molecule has 1 aromatic heterocycles. The molecule has 1 heterocycles. The van der Waals surface area contributed by atoms with Crippen molar-refractivity contribution in [1.82, 2.24) is 10.6 Å². The molecule has 0 saturated heterocycles. The SMILES string of the molecule is O=C(NN=CC(Cl)=Cc1ccccc1)c1cc(-c2ccccc2)on1. The number of benzene rings is 2. The Hall–Kier alpha value is -3.18. The fraction of sp³-hybridized carbons (Fsp3) is 0. The molecule has 0 unspecified atom stereocenters. The fourth-order valence-electron chi connectivity index (χ4n) is 2.08. The highest BCUT2D eigenvalue weighted by Gasteiger charge is 2.12. The Kier molecular flexibility index (Phi) is 5.39. The average Bonchev–Trinajstić information content (AvgIpc) is 3.13. The van der Waals surface area contributed by atoms with E-state index in [0.29, 0.717) is 10.8 Å². The first-order valence-electron chi connectivity index (χ1n) is 7.50. The quantitative estimate of drug-likeness (QED) is 0.549. The van der Waals surface area contributed by atoms with E-state index < -0.39 is 5.91 Å². The van der Waals surface area contributed by atoms with Gasteiger partial charge in [0.1, 0.15) is 0 Å². The van der Waals surface area contributed by atoms with E-state index in [4.69, 9.17) is 16.1 Å². The van der Waals surface area contributed by atoms with Crippen molar-refractivity contribution in [3.05, 3.63) is 83.0 Å². The molecule has 1 amide bonds. The van der Waals surface area contributed by atoms with E-state index in [1.54, 1.807) is 12.1 Å². The molecule has 3 rings (SSSR count). The zero-order valence-electron chi connectivity index (χ0n) is 13.1. The van der Waals surface area contributed by atoms with Gasteiger partial charge in [-0.3, -0.25) is 4.79 Å². The molecule has 0 radical (unpaired) electrons. The summed E-state index contributed by atoms with van der Waals surface area (Å²) < 4.78 is 5.18. The van der Waals surface area contributed by atoms with Crippen LogP contribution in [0.2, 0.25) is 0 Å². The van der Waals surface area contributed by atoms with Gasteiger partial charge in [0.15, 0.2) is 11.5 Å². The number of hydrogen-bond acceptors (Lipinski definition) is 4. The Morgan fingerprint density at radius 3 is 2.48 bits per heavy atom. The van der Waals surface area contributed by atoms with Crippen molar-refractivity contribution in [3.63, 3.8) is 0 Å². The number of nitrogens with zero attached hydrogens (tertiary/aromatic N) is 2. The van der Waals surface area contributed by atoms with Gasteiger partial charge in [-0.05, 0) is 11.6 Å². The van der Waals surface area contributed by atoms with Crippen molar-refractivity contribution in [1.29, 1.82) is 0 Å². The van der Waals surface area contributed by atoms with Gasteiger partial charge in [0, 0.05) is 11.6 Å². The van der Waals surface area contributed by atoms with Crippen LogP contribution in [0.3, 0.4) is 0 Å². The molecule has 0 bridgehead atoms. The predicted molar refractivity (Wildman–Crippen MR) is 98.2 cm³/mol. The van der Waals surface area contributed by atoms with Crippen molar-refractivity contribution < 1.29 is 9.32 Å². The van der Waals surface area contributed by atoms with Gasteiger partial charge in [-0.1, -0.05) is 77.4 Å². The Labute approximate surface area is 149 Å². The van der Waals surface area contributed by atoms with Crippen LogP contribution >= 0.6 is 11.6 Å². The maximum atomic E-state index is 12.0. The van der Waals surface area contributed by atoms with E-state index in [-0.39, 0.29) is 5.69 Å². The fourth-order valence-corrected chi connectivity index (χ4v) is 2.25. The van der Waals surface area contributed by atoms with Crippen LogP contribution in [0.5, 0.6) is 0 Å². The summed E-state index contributed by atoms with van der Waals surface area (Å²) in [6, 6.07) is 20.5. The van der Waals surface area contributed by atoms with Gasteiger partial charge in [0.2, 0.25) is 0 Å². The summed E-state index contributed by atoms with van der Waals surface area (Å²) >= 11 is 6.06. The standard InChI is InChI=1S/C19H14ClN3O2/c20-16(11-14-7-3-1-4-8-14)13-21-22-19(24)17-12-18(25-23-17)15-9-5-2-6-10-15/h1-13H,(H,22,24). The van der Waals surface area contributed by atoms with Crippen LogP contribution in [0.4, 0.5) is 0 Å². The second-order valence-corrected chi connectivity index (χ2v) is 5.52. The third kappa shape index (κ3) is 4.65. The number of nitrogens with one attached hydrogen (secondary N) is 1. The van der Waals surface area contributed by atoms with Crippen LogP contribution in [-0.4, -0.2) is 17.3 Å². The summed E-state index contributed by atoms with van der Waals surface area (Å²) in [6.45, 7) is 0. The number of amides is 1. The number of rotatable bonds is 5. The largest absolute Gasteiger partial charge is 0.355 e. The minimum atomic E-state index is -0.480. The predicted octanol–water partition coefficient (Wildman–Crippen LogP) is 4.34. The topological polar surface area (TPSA) is 67.5 Å². The first-order chi connectivity index (χ1) is 12.2. The van der Waals surface area contributed by atoms with Crippen LogP contribution in [0, 0.1) is 0 Å². The molecular formula is C19H14ClN3O2. The number of hydrazone groups is 1. The van der Waals surface area contributed by atoms with Crippen molar-refractivity contribution >= 4 is 29.8 Å². The molecule has 0 spiro atoms. The summed E-state index contributed by atoms with van der Waals surface area (Å²) in [5.41, 5.74) is 4.28. The molecule has 0 fully saturated rings. The smallest absolute Gasteiger partial charge is 0.293 e. The molecule has 0 aliphatic heterocycles. The lowest BCUT2D eigenvalue weighted by Crippen LogP contribution is -2.17. The third-order valence-electron chi connectivity index (χ3n) is 3.26. The maximum absolute atomic E-state index is 12.0. The van der Waals surface area contributed by atoms with E-state index in [0.717, 1.165) is 11.1 Å². The zero-order chi connectivity index (χ0) is 17.5. The van der Waals surface area contributed by atoms with Gasteiger partial charge < -0.3 is 4.52 Å². The van der Waals surface area contributed by atoms with Crippen molar-refractivity contribution in [2.75, 3.05) is 0 Å². The average molecular weight is 352 g/mol. The summed E-state index contributed by atoms with van der Waals surface area (Å²) in [7, 11) is 0. The van der Waals surface area contributed by atoms with Crippen molar-refractivity contribution in [3.8, 4) is 11.3 Å². The molecule has 124 valence electrons. The minimum absolute atomic E-state index is 0.138. The molecule has 1 N–H and O–H groups in total. The summed E-state index contributed by atoms with van der Waals surface area (Å²) in [5, 5.41) is 7.95. The Morgan fingerprint density at radius 2 is 1.76 bits per heavy atom. The Balaban J connectivity index is 1.61. The van der Waals surface area contributed by atoms with Gasteiger partial charge in [0.05, 0.1) is 11.2 Å². The molecule has 6 heteroatoms. The van der Waals surface area contributed by atoms with Crippen LogP contribution in [0.15, 0.2) is 81.4 Å². The van der Waals surface area contributed by atoms with Crippen LogP contribution in [0.25, 0.3) is 17.4 Å². The highest BCUT2D eigenvalue weighted by Crippen LogP contribution is 2.19. The monoisotopic (exact) mass is 351 g/mol.